The number of hydrogen-bond donors (Lipinski definition) is 2. The summed E-state index contributed by atoms with van der Waals surface area (Å²) < 4.78 is 17.6. The summed E-state index contributed by atoms with van der Waals surface area (Å²) in [6.07, 6.45) is 1.78. The first-order valence-electron chi connectivity index (χ1n) is 8.92. The van der Waals surface area contributed by atoms with Crippen molar-refractivity contribution in [1.82, 2.24) is 15.6 Å². The molecule has 0 amide bonds. The van der Waals surface area contributed by atoms with Crippen molar-refractivity contribution < 1.29 is 13.9 Å². The van der Waals surface area contributed by atoms with Crippen molar-refractivity contribution in [1.29, 1.82) is 0 Å². The van der Waals surface area contributed by atoms with Crippen LogP contribution in [0.15, 0.2) is 32.2 Å². The van der Waals surface area contributed by atoms with Gasteiger partial charge in [0.05, 0.1) is 23.8 Å². The van der Waals surface area contributed by atoms with Gasteiger partial charge in [-0.15, -0.1) is 24.0 Å². The van der Waals surface area contributed by atoms with Crippen LogP contribution in [-0.4, -0.2) is 24.3 Å². The molecule has 9 heteroatoms. The van der Waals surface area contributed by atoms with Crippen LogP contribution in [0.2, 0.25) is 0 Å². The second kappa shape index (κ2) is 9.82. The van der Waals surface area contributed by atoms with Crippen LogP contribution in [0.1, 0.15) is 44.9 Å². The number of nitrogens with zero attached hydrogens (tertiary/aromatic N) is 2. The Morgan fingerprint density at radius 2 is 2.04 bits per heavy atom. The van der Waals surface area contributed by atoms with E-state index in [-0.39, 0.29) is 36.2 Å². The fourth-order valence-electron chi connectivity index (χ4n) is 2.52. The van der Waals surface area contributed by atoms with Gasteiger partial charge in [0.1, 0.15) is 5.76 Å². The number of ether oxygens (including phenoxy) is 2. The number of aromatic nitrogens is 1. The molecule has 0 spiro atoms. The van der Waals surface area contributed by atoms with Crippen molar-refractivity contribution >= 4 is 45.9 Å². The van der Waals surface area contributed by atoms with Crippen molar-refractivity contribution in [2.75, 3.05) is 13.3 Å². The molecule has 7 nitrogen and oxygen atoms in total. The number of guanidine groups is 1. The normalized spacial score (nSPS) is 13.2. The Hall–Kier alpha value is -1.49. The van der Waals surface area contributed by atoms with E-state index in [1.807, 2.05) is 19.1 Å². The van der Waals surface area contributed by atoms with Crippen LogP contribution in [0.25, 0.3) is 0 Å². The van der Waals surface area contributed by atoms with Crippen LogP contribution in [0.3, 0.4) is 0 Å². The molecule has 2 heterocycles. The SMILES string of the molecule is CCNC(=NCc1cc(Br)c2c(c1)OCO2)NCc1ncc(C(C)(C)C)o1.I. The van der Waals surface area contributed by atoms with Gasteiger partial charge in [0.2, 0.25) is 12.7 Å². The average Bonchev–Trinajstić information content (AvgIpc) is 3.26. The van der Waals surface area contributed by atoms with Gasteiger partial charge in [-0.05, 0) is 40.5 Å². The monoisotopic (exact) mass is 564 g/mol. The van der Waals surface area contributed by atoms with Gasteiger partial charge >= 0.3 is 0 Å². The predicted octanol–water partition coefficient (Wildman–Crippen LogP) is 4.34. The number of oxazole rings is 1. The summed E-state index contributed by atoms with van der Waals surface area (Å²) in [6, 6.07) is 3.94. The van der Waals surface area contributed by atoms with Gasteiger partial charge in [0.15, 0.2) is 17.5 Å². The molecule has 0 saturated heterocycles. The number of fused-ring (bicyclic) bond motifs is 1. The Morgan fingerprint density at radius 1 is 1.25 bits per heavy atom. The summed E-state index contributed by atoms with van der Waals surface area (Å²) in [4.78, 5) is 8.96. The molecular weight excluding hydrogens is 539 g/mol. The average molecular weight is 565 g/mol. The molecule has 1 aliphatic rings. The number of halogens is 2. The smallest absolute Gasteiger partial charge is 0.231 e. The minimum Gasteiger partial charge on any atom is -0.454 e. The second-order valence-electron chi connectivity index (χ2n) is 7.23. The Morgan fingerprint density at radius 3 is 2.71 bits per heavy atom. The van der Waals surface area contributed by atoms with Crippen LogP contribution in [-0.2, 0) is 18.5 Å². The van der Waals surface area contributed by atoms with Crippen LogP contribution in [0.4, 0.5) is 0 Å². The maximum Gasteiger partial charge on any atom is 0.231 e. The van der Waals surface area contributed by atoms with Crippen LogP contribution in [0, 0.1) is 0 Å². The summed E-state index contributed by atoms with van der Waals surface area (Å²) in [7, 11) is 0. The van der Waals surface area contributed by atoms with E-state index < -0.39 is 0 Å². The molecule has 0 fully saturated rings. The lowest BCUT2D eigenvalue weighted by molar-refractivity contribution is 0.173. The minimum atomic E-state index is -0.0590. The molecule has 2 aromatic rings. The van der Waals surface area contributed by atoms with E-state index in [1.165, 1.54) is 0 Å². The maximum atomic E-state index is 5.81. The van der Waals surface area contributed by atoms with E-state index in [4.69, 9.17) is 13.9 Å². The molecule has 0 atom stereocenters. The molecular formula is C19H26BrIN4O3. The summed E-state index contributed by atoms with van der Waals surface area (Å²) in [6.45, 7) is 10.3. The Bertz CT molecular complexity index is 833. The summed E-state index contributed by atoms with van der Waals surface area (Å²) in [5.41, 5.74) is 0.964. The van der Waals surface area contributed by atoms with Crippen LogP contribution < -0.4 is 20.1 Å². The van der Waals surface area contributed by atoms with Gasteiger partial charge in [0, 0.05) is 12.0 Å². The van der Waals surface area contributed by atoms with Gasteiger partial charge in [-0.25, -0.2) is 9.98 Å². The van der Waals surface area contributed by atoms with E-state index in [9.17, 15) is 0 Å². The zero-order chi connectivity index (χ0) is 19.4. The molecule has 1 aromatic carbocycles. The first-order chi connectivity index (χ1) is 12.9. The lowest BCUT2D eigenvalue weighted by Gasteiger charge is -2.13. The molecule has 1 aromatic heterocycles. The van der Waals surface area contributed by atoms with E-state index in [0.717, 1.165) is 33.8 Å². The molecule has 3 rings (SSSR count). The molecule has 1 aliphatic heterocycles. The van der Waals surface area contributed by atoms with Gasteiger partial charge in [-0.2, -0.15) is 0 Å². The van der Waals surface area contributed by atoms with Crippen LogP contribution >= 0.6 is 39.9 Å². The Kier molecular flexibility index (Phi) is 7.99. The molecule has 0 radical (unpaired) electrons. The predicted molar refractivity (Wildman–Crippen MR) is 123 cm³/mol. The van der Waals surface area contributed by atoms with Crippen molar-refractivity contribution in [3.05, 3.63) is 40.0 Å². The van der Waals surface area contributed by atoms with E-state index in [2.05, 4.69) is 57.3 Å². The van der Waals surface area contributed by atoms with Gasteiger partial charge < -0.3 is 24.5 Å². The number of aliphatic imine (C=N–C) groups is 1. The summed E-state index contributed by atoms with van der Waals surface area (Å²) >= 11 is 3.51. The first kappa shape index (κ1) is 22.8. The summed E-state index contributed by atoms with van der Waals surface area (Å²) in [5.74, 6) is 3.68. The zero-order valence-corrected chi connectivity index (χ0v) is 20.4. The third-order valence-corrected chi connectivity index (χ3v) is 4.54. The fraction of sp³-hybridized carbons (Fsp3) is 0.474. The van der Waals surface area contributed by atoms with Gasteiger partial charge in [-0.1, -0.05) is 20.8 Å². The number of hydrogen-bond acceptors (Lipinski definition) is 5. The summed E-state index contributed by atoms with van der Waals surface area (Å²) in [5, 5.41) is 6.48. The first-order valence-corrected chi connectivity index (χ1v) is 9.71. The van der Waals surface area contributed by atoms with Crippen molar-refractivity contribution in [3.8, 4) is 11.5 Å². The van der Waals surface area contributed by atoms with Gasteiger partial charge in [-0.3, -0.25) is 0 Å². The lowest BCUT2D eigenvalue weighted by atomic mass is 9.94. The van der Waals surface area contributed by atoms with Gasteiger partial charge in [0.25, 0.3) is 0 Å². The number of rotatable bonds is 5. The molecule has 0 aliphatic carbocycles. The largest absolute Gasteiger partial charge is 0.454 e. The topological polar surface area (TPSA) is 80.9 Å². The maximum absolute atomic E-state index is 5.81. The fourth-order valence-corrected chi connectivity index (χ4v) is 3.13. The van der Waals surface area contributed by atoms with Crippen LogP contribution in [0.5, 0.6) is 11.5 Å². The van der Waals surface area contributed by atoms with E-state index in [1.54, 1.807) is 6.20 Å². The zero-order valence-electron chi connectivity index (χ0n) is 16.5. The number of benzene rings is 1. The highest BCUT2D eigenvalue weighted by Crippen LogP contribution is 2.40. The highest BCUT2D eigenvalue weighted by atomic mass is 127. The van der Waals surface area contributed by atoms with E-state index >= 15 is 0 Å². The quantitative estimate of drug-likeness (QED) is 0.319. The molecule has 154 valence electrons. The standard InChI is InChI=1S/C19H25BrN4O3.HI/c1-5-21-18(24-10-16-22-9-15(27-16)19(2,3)4)23-8-12-6-13(20)17-14(7-12)25-11-26-17;/h6-7,9H,5,8,10-11H2,1-4H3,(H2,21,23,24);1H. The van der Waals surface area contributed by atoms with Crippen molar-refractivity contribution in [2.24, 2.45) is 4.99 Å². The number of nitrogens with one attached hydrogen (secondary N) is 2. The Balaban J connectivity index is 0.00000280. The molecule has 0 saturated carbocycles. The minimum absolute atomic E-state index is 0. The molecule has 0 unspecified atom stereocenters. The van der Waals surface area contributed by atoms with E-state index in [0.29, 0.717) is 24.9 Å². The highest BCUT2D eigenvalue weighted by Gasteiger charge is 2.19. The molecule has 2 N–H and O–H groups in total. The Labute approximate surface area is 190 Å². The highest BCUT2D eigenvalue weighted by molar-refractivity contribution is 14.0. The third kappa shape index (κ3) is 5.76. The molecule has 0 bridgehead atoms. The second-order valence-corrected chi connectivity index (χ2v) is 8.08. The lowest BCUT2D eigenvalue weighted by Crippen LogP contribution is -2.36. The van der Waals surface area contributed by atoms with Crippen molar-refractivity contribution in [2.45, 2.75) is 46.2 Å². The van der Waals surface area contributed by atoms with Crippen molar-refractivity contribution in [3.63, 3.8) is 0 Å². The third-order valence-electron chi connectivity index (χ3n) is 3.95. The molecule has 28 heavy (non-hydrogen) atoms.